The Bertz CT molecular complexity index is 1250. The van der Waals surface area contributed by atoms with Crippen molar-refractivity contribution < 1.29 is 21.6 Å². The standard InChI is InChI=1S/C20H21N3O5S2/c1-28-17-9-7-15(8-10-17)19-13-20(22-30(26,27)18-5-3-2-4-6-18)23(21-19)16-11-12-29(24,25)14-16/h2-10,13,16,22H,11-12,14H2,1H3/t16-/m1/s1. The second kappa shape index (κ2) is 7.77. The van der Waals surface area contributed by atoms with E-state index in [1.807, 2.05) is 12.1 Å². The number of sulfone groups is 1. The van der Waals surface area contributed by atoms with Crippen molar-refractivity contribution in [2.75, 3.05) is 23.3 Å². The number of ether oxygens (including phenoxy) is 1. The zero-order valence-corrected chi connectivity index (χ0v) is 17.9. The van der Waals surface area contributed by atoms with Crippen molar-refractivity contribution in [2.24, 2.45) is 0 Å². The maximum Gasteiger partial charge on any atom is 0.263 e. The summed E-state index contributed by atoms with van der Waals surface area (Å²) < 4.78 is 58.9. The van der Waals surface area contributed by atoms with Crippen LogP contribution in [0.25, 0.3) is 11.3 Å². The molecule has 1 fully saturated rings. The molecule has 0 bridgehead atoms. The molecule has 2 heterocycles. The van der Waals surface area contributed by atoms with E-state index in [9.17, 15) is 16.8 Å². The number of methoxy groups -OCH3 is 1. The molecule has 1 aromatic heterocycles. The highest BCUT2D eigenvalue weighted by atomic mass is 32.2. The number of nitrogens with zero attached hydrogens (tertiary/aromatic N) is 2. The summed E-state index contributed by atoms with van der Waals surface area (Å²) in [6, 6.07) is 16.4. The summed E-state index contributed by atoms with van der Waals surface area (Å²) >= 11 is 0. The largest absolute Gasteiger partial charge is 0.497 e. The minimum Gasteiger partial charge on any atom is -0.497 e. The highest BCUT2D eigenvalue weighted by molar-refractivity contribution is 7.92. The molecule has 0 saturated carbocycles. The van der Waals surface area contributed by atoms with Gasteiger partial charge in [0.2, 0.25) is 0 Å². The van der Waals surface area contributed by atoms with Gasteiger partial charge in [-0.05, 0) is 42.8 Å². The average Bonchev–Trinajstić information content (AvgIpc) is 3.31. The van der Waals surface area contributed by atoms with Gasteiger partial charge in [-0.15, -0.1) is 0 Å². The monoisotopic (exact) mass is 447 g/mol. The normalized spacial score (nSPS) is 18.2. The fourth-order valence-electron chi connectivity index (χ4n) is 3.42. The molecule has 4 rings (SSSR count). The van der Waals surface area contributed by atoms with Gasteiger partial charge < -0.3 is 4.74 Å². The van der Waals surface area contributed by atoms with Gasteiger partial charge >= 0.3 is 0 Å². The molecule has 30 heavy (non-hydrogen) atoms. The Labute approximate surface area is 175 Å². The van der Waals surface area contributed by atoms with Gasteiger partial charge in [-0.3, -0.25) is 4.72 Å². The predicted octanol–water partition coefficient (Wildman–Crippen LogP) is 2.72. The second-order valence-corrected chi connectivity index (χ2v) is 11.0. The third-order valence-electron chi connectivity index (χ3n) is 4.97. The molecule has 8 nitrogen and oxygen atoms in total. The summed E-state index contributed by atoms with van der Waals surface area (Å²) in [6.07, 6.45) is 0.381. The molecule has 1 aliphatic rings. The van der Waals surface area contributed by atoms with E-state index in [2.05, 4.69) is 9.82 Å². The van der Waals surface area contributed by atoms with E-state index in [-0.39, 0.29) is 22.2 Å². The van der Waals surface area contributed by atoms with Crippen LogP contribution in [0.15, 0.2) is 65.6 Å². The lowest BCUT2D eigenvalue weighted by Crippen LogP contribution is -2.19. The lowest BCUT2D eigenvalue weighted by molar-refractivity contribution is 0.415. The molecular formula is C20H21N3O5S2. The summed E-state index contributed by atoms with van der Waals surface area (Å²) in [5.41, 5.74) is 1.29. The highest BCUT2D eigenvalue weighted by Crippen LogP contribution is 2.32. The smallest absolute Gasteiger partial charge is 0.263 e. The van der Waals surface area contributed by atoms with E-state index in [0.717, 1.165) is 5.56 Å². The van der Waals surface area contributed by atoms with Crippen LogP contribution in [0.5, 0.6) is 5.75 Å². The van der Waals surface area contributed by atoms with Crippen molar-refractivity contribution in [1.82, 2.24) is 9.78 Å². The van der Waals surface area contributed by atoms with Crippen molar-refractivity contribution >= 4 is 25.7 Å². The fourth-order valence-corrected chi connectivity index (χ4v) is 6.17. The molecule has 1 atom stereocenters. The van der Waals surface area contributed by atoms with Crippen molar-refractivity contribution in [2.45, 2.75) is 17.4 Å². The Morgan fingerprint density at radius 1 is 1.10 bits per heavy atom. The Morgan fingerprint density at radius 2 is 1.80 bits per heavy atom. The SMILES string of the molecule is COc1ccc(-c2cc(NS(=O)(=O)c3ccccc3)n([C@@H]3CCS(=O)(=O)C3)n2)cc1. The Hall–Kier alpha value is -2.85. The first kappa shape index (κ1) is 20.4. The van der Waals surface area contributed by atoms with Crippen LogP contribution in [0.3, 0.4) is 0 Å². The van der Waals surface area contributed by atoms with E-state index in [1.54, 1.807) is 43.5 Å². The summed E-state index contributed by atoms with van der Waals surface area (Å²) in [6.45, 7) is 0. The van der Waals surface area contributed by atoms with Crippen molar-refractivity contribution in [1.29, 1.82) is 0 Å². The lowest BCUT2D eigenvalue weighted by atomic mass is 10.1. The van der Waals surface area contributed by atoms with Gasteiger partial charge in [-0.1, -0.05) is 18.2 Å². The highest BCUT2D eigenvalue weighted by Gasteiger charge is 2.32. The van der Waals surface area contributed by atoms with Crippen LogP contribution in [0.1, 0.15) is 12.5 Å². The molecule has 0 amide bonds. The zero-order valence-electron chi connectivity index (χ0n) is 16.2. The summed E-state index contributed by atoms with van der Waals surface area (Å²) in [5, 5.41) is 4.55. The molecule has 158 valence electrons. The first-order chi connectivity index (χ1) is 14.3. The summed E-state index contributed by atoms with van der Waals surface area (Å²) in [5.74, 6) is 0.897. The van der Waals surface area contributed by atoms with Gasteiger partial charge in [0.1, 0.15) is 11.6 Å². The number of hydrogen-bond acceptors (Lipinski definition) is 6. The van der Waals surface area contributed by atoms with E-state index < -0.39 is 25.9 Å². The molecule has 0 aliphatic carbocycles. The first-order valence-electron chi connectivity index (χ1n) is 9.30. The fraction of sp³-hybridized carbons (Fsp3) is 0.250. The zero-order chi connectivity index (χ0) is 21.4. The van der Waals surface area contributed by atoms with Crippen LogP contribution >= 0.6 is 0 Å². The number of sulfonamides is 1. The van der Waals surface area contributed by atoms with Gasteiger partial charge in [-0.25, -0.2) is 21.5 Å². The number of anilines is 1. The third-order valence-corrected chi connectivity index (χ3v) is 8.09. The molecule has 3 aromatic rings. The van der Waals surface area contributed by atoms with E-state index in [4.69, 9.17) is 4.74 Å². The molecule has 0 spiro atoms. The number of hydrogen-bond donors (Lipinski definition) is 1. The van der Waals surface area contributed by atoms with Gasteiger partial charge in [0.15, 0.2) is 9.84 Å². The van der Waals surface area contributed by atoms with E-state index in [1.165, 1.54) is 16.8 Å². The van der Waals surface area contributed by atoms with Crippen LogP contribution in [0, 0.1) is 0 Å². The topological polar surface area (TPSA) is 107 Å². The Kier molecular flexibility index (Phi) is 5.29. The molecular weight excluding hydrogens is 426 g/mol. The number of aromatic nitrogens is 2. The minimum atomic E-state index is -3.85. The van der Waals surface area contributed by atoms with E-state index in [0.29, 0.717) is 17.9 Å². The second-order valence-electron chi connectivity index (χ2n) is 7.06. The molecule has 1 N–H and O–H groups in total. The van der Waals surface area contributed by atoms with Gasteiger partial charge in [-0.2, -0.15) is 5.10 Å². The quantitative estimate of drug-likeness (QED) is 0.623. The third kappa shape index (κ3) is 4.19. The molecule has 2 aromatic carbocycles. The lowest BCUT2D eigenvalue weighted by Gasteiger charge is -2.14. The molecule has 1 aliphatic heterocycles. The van der Waals surface area contributed by atoms with Crippen LogP contribution in [0.4, 0.5) is 5.82 Å². The van der Waals surface area contributed by atoms with Gasteiger partial charge in [0, 0.05) is 11.6 Å². The minimum absolute atomic E-state index is 0.0558. The average molecular weight is 448 g/mol. The van der Waals surface area contributed by atoms with Crippen molar-refractivity contribution in [3.8, 4) is 17.0 Å². The Balaban J connectivity index is 1.74. The maximum atomic E-state index is 12.8. The molecule has 10 heteroatoms. The van der Waals surface area contributed by atoms with Crippen LogP contribution in [-0.4, -0.2) is 45.2 Å². The Morgan fingerprint density at radius 3 is 2.40 bits per heavy atom. The van der Waals surface area contributed by atoms with Gasteiger partial charge in [0.05, 0.1) is 35.2 Å². The summed E-state index contributed by atoms with van der Waals surface area (Å²) in [7, 11) is -5.46. The van der Waals surface area contributed by atoms with E-state index >= 15 is 0 Å². The number of rotatable bonds is 6. The number of benzene rings is 2. The van der Waals surface area contributed by atoms with Crippen LogP contribution in [-0.2, 0) is 19.9 Å². The molecule has 0 radical (unpaired) electrons. The summed E-state index contributed by atoms with van der Waals surface area (Å²) in [4.78, 5) is 0.114. The van der Waals surface area contributed by atoms with Crippen LogP contribution in [0.2, 0.25) is 0 Å². The number of nitrogens with one attached hydrogen (secondary N) is 1. The molecule has 1 saturated heterocycles. The van der Waals surface area contributed by atoms with Crippen molar-refractivity contribution in [3.05, 3.63) is 60.7 Å². The maximum absolute atomic E-state index is 12.8. The predicted molar refractivity (Wildman–Crippen MR) is 114 cm³/mol. The van der Waals surface area contributed by atoms with Crippen LogP contribution < -0.4 is 9.46 Å². The first-order valence-corrected chi connectivity index (χ1v) is 12.6. The van der Waals surface area contributed by atoms with Crippen molar-refractivity contribution in [3.63, 3.8) is 0 Å². The van der Waals surface area contributed by atoms with Gasteiger partial charge in [0.25, 0.3) is 10.0 Å². The molecule has 0 unspecified atom stereocenters.